The van der Waals surface area contributed by atoms with Gasteiger partial charge < -0.3 is 16.2 Å². The van der Waals surface area contributed by atoms with E-state index in [1.165, 1.54) is 20.9 Å². The van der Waals surface area contributed by atoms with Crippen LogP contribution in [0, 0.1) is 0 Å². The van der Waals surface area contributed by atoms with E-state index in [4.69, 9.17) is 16.2 Å². The van der Waals surface area contributed by atoms with E-state index in [1.54, 1.807) is 11.3 Å². The lowest BCUT2D eigenvalue weighted by atomic mass is 10.1. The Morgan fingerprint density at radius 3 is 1.63 bits per heavy atom. The molecule has 0 amide bonds. The van der Waals surface area contributed by atoms with E-state index in [9.17, 15) is 0 Å². The summed E-state index contributed by atoms with van der Waals surface area (Å²) in [5.74, 6) is 0.853. The van der Waals surface area contributed by atoms with Gasteiger partial charge in [-0.05, 0) is 77.4 Å². The maximum absolute atomic E-state index is 5.86. The molecule has 0 radical (unpaired) electrons. The Balaban J connectivity index is 1.44. The third kappa shape index (κ3) is 4.13. The molecule has 3 nitrogen and oxygen atoms in total. The summed E-state index contributed by atoms with van der Waals surface area (Å²) in [7, 11) is 0. The van der Waals surface area contributed by atoms with Crippen molar-refractivity contribution in [1.29, 1.82) is 0 Å². The van der Waals surface area contributed by atoms with E-state index in [0.717, 1.165) is 22.7 Å². The molecule has 0 aliphatic carbocycles. The number of nitrogen functional groups attached to an aromatic ring is 2. The second-order valence-corrected chi connectivity index (χ2v) is 7.42. The summed E-state index contributed by atoms with van der Waals surface area (Å²) in [5, 5.41) is 0. The van der Waals surface area contributed by atoms with Crippen LogP contribution in [0.25, 0.3) is 20.9 Å². The number of benzene rings is 3. The minimum Gasteiger partial charge on any atom is -0.489 e. The molecule has 3 aromatic carbocycles. The smallest absolute Gasteiger partial charge is 0.119 e. The standard InChI is InChI=1S/C23H20N2OS/c24-19-7-1-16(2-8-19)15-26-21-11-5-18(6-12-21)23-14-13-22(27-23)17-3-9-20(25)10-4-17/h1-14H,15,24-25H2. The highest BCUT2D eigenvalue weighted by Crippen LogP contribution is 2.35. The third-order valence-corrected chi connectivity index (χ3v) is 5.51. The molecule has 1 aromatic heterocycles. The van der Waals surface area contributed by atoms with Crippen molar-refractivity contribution < 1.29 is 4.74 Å². The maximum atomic E-state index is 5.86. The second-order valence-electron chi connectivity index (χ2n) is 6.34. The van der Waals surface area contributed by atoms with E-state index in [2.05, 4.69) is 36.4 Å². The van der Waals surface area contributed by atoms with Gasteiger partial charge in [0, 0.05) is 21.1 Å². The van der Waals surface area contributed by atoms with Gasteiger partial charge in [0.25, 0.3) is 0 Å². The highest BCUT2D eigenvalue weighted by molar-refractivity contribution is 7.18. The predicted molar refractivity (Wildman–Crippen MR) is 115 cm³/mol. The Morgan fingerprint density at radius 2 is 1.07 bits per heavy atom. The zero-order chi connectivity index (χ0) is 18.6. The van der Waals surface area contributed by atoms with Crippen molar-refractivity contribution in [1.82, 2.24) is 0 Å². The summed E-state index contributed by atoms with van der Waals surface area (Å²) >= 11 is 1.77. The van der Waals surface area contributed by atoms with Crippen LogP contribution in [0.3, 0.4) is 0 Å². The lowest BCUT2D eigenvalue weighted by Gasteiger charge is -2.07. The van der Waals surface area contributed by atoms with Crippen LogP contribution in [-0.4, -0.2) is 0 Å². The van der Waals surface area contributed by atoms with E-state index < -0.39 is 0 Å². The first-order valence-electron chi connectivity index (χ1n) is 8.71. The molecule has 0 saturated carbocycles. The van der Waals surface area contributed by atoms with Crippen LogP contribution in [0.1, 0.15) is 5.56 Å². The maximum Gasteiger partial charge on any atom is 0.119 e. The van der Waals surface area contributed by atoms with Gasteiger partial charge in [-0.1, -0.05) is 24.3 Å². The highest BCUT2D eigenvalue weighted by atomic mass is 32.1. The molecule has 4 rings (SSSR count). The van der Waals surface area contributed by atoms with Crippen molar-refractivity contribution in [3.63, 3.8) is 0 Å². The SMILES string of the molecule is Nc1ccc(COc2ccc(-c3ccc(-c4ccc(N)cc4)s3)cc2)cc1. The molecule has 0 aliphatic rings. The van der Waals surface area contributed by atoms with Gasteiger partial charge in [0.1, 0.15) is 12.4 Å². The monoisotopic (exact) mass is 372 g/mol. The molecular weight excluding hydrogens is 352 g/mol. The van der Waals surface area contributed by atoms with Gasteiger partial charge in [-0.3, -0.25) is 0 Å². The van der Waals surface area contributed by atoms with Gasteiger partial charge in [0.2, 0.25) is 0 Å². The Kier molecular flexibility index (Phi) is 4.81. The predicted octanol–water partition coefficient (Wildman–Crippen LogP) is 5.83. The normalized spacial score (nSPS) is 10.7. The summed E-state index contributed by atoms with van der Waals surface area (Å²) < 4.78 is 5.86. The molecule has 1 heterocycles. The van der Waals surface area contributed by atoms with Crippen molar-refractivity contribution in [2.75, 3.05) is 11.5 Å². The van der Waals surface area contributed by atoms with Crippen LogP contribution in [0.5, 0.6) is 5.75 Å². The number of nitrogens with two attached hydrogens (primary N) is 2. The minimum absolute atomic E-state index is 0.528. The summed E-state index contributed by atoms with van der Waals surface area (Å²) in [6.45, 7) is 0.528. The molecule has 27 heavy (non-hydrogen) atoms. The fourth-order valence-electron chi connectivity index (χ4n) is 2.79. The molecule has 4 heteroatoms. The molecule has 134 valence electrons. The average Bonchev–Trinajstić information content (AvgIpc) is 3.19. The molecule has 4 aromatic rings. The topological polar surface area (TPSA) is 61.3 Å². The summed E-state index contributed by atoms with van der Waals surface area (Å²) in [4.78, 5) is 2.46. The van der Waals surface area contributed by atoms with Crippen molar-refractivity contribution >= 4 is 22.7 Å². The lowest BCUT2D eigenvalue weighted by Crippen LogP contribution is -1.95. The summed E-state index contributed by atoms with van der Waals surface area (Å²) in [6, 6.07) is 28.2. The summed E-state index contributed by atoms with van der Waals surface area (Å²) in [5.41, 5.74) is 16.5. The molecule has 0 unspecified atom stereocenters. The lowest BCUT2D eigenvalue weighted by molar-refractivity contribution is 0.306. The quantitative estimate of drug-likeness (QED) is 0.434. The Bertz CT molecular complexity index is 1020. The van der Waals surface area contributed by atoms with Gasteiger partial charge in [-0.2, -0.15) is 0 Å². The number of hydrogen-bond donors (Lipinski definition) is 2. The van der Waals surface area contributed by atoms with Gasteiger partial charge >= 0.3 is 0 Å². The van der Waals surface area contributed by atoms with Gasteiger partial charge in [-0.25, -0.2) is 0 Å². The van der Waals surface area contributed by atoms with Crippen LogP contribution in [0.2, 0.25) is 0 Å². The van der Waals surface area contributed by atoms with Crippen LogP contribution in [-0.2, 0) is 6.61 Å². The number of hydrogen-bond acceptors (Lipinski definition) is 4. The highest BCUT2D eigenvalue weighted by Gasteiger charge is 2.06. The zero-order valence-corrected chi connectivity index (χ0v) is 15.6. The molecule has 0 spiro atoms. The minimum atomic E-state index is 0.528. The largest absolute Gasteiger partial charge is 0.489 e. The first-order valence-corrected chi connectivity index (χ1v) is 9.52. The summed E-state index contributed by atoms with van der Waals surface area (Å²) in [6.07, 6.45) is 0. The number of ether oxygens (including phenoxy) is 1. The van der Waals surface area contributed by atoms with Crippen LogP contribution < -0.4 is 16.2 Å². The Hall–Kier alpha value is -3.24. The van der Waals surface area contributed by atoms with E-state index in [-0.39, 0.29) is 0 Å². The molecule has 4 N–H and O–H groups in total. The van der Waals surface area contributed by atoms with Gasteiger partial charge in [0.05, 0.1) is 0 Å². The number of thiophene rings is 1. The van der Waals surface area contributed by atoms with Crippen molar-refractivity contribution in [3.05, 3.63) is 90.5 Å². The second kappa shape index (κ2) is 7.56. The fourth-order valence-corrected chi connectivity index (χ4v) is 3.81. The molecular formula is C23H20N2OS. The first kappa shape index (κ1) is 17.2. The number of rotatable bonds is 5. The zero-order valence-electron chi connectivity index (χ0n) is 14.8. The van der Waals surface area contributed by atoms with E-state index >= 15 is 0 Å². The van der Waals surface area contributed by atoms with E-state index in [1.807, 2.05) is 48.5 Å². The molecule has 0 fully saturated rings. The Morgan fingerprint density at radius 1 is 0.593 bits per heavy atom. The first-order chi connectivity index (χ1) is 13.2. The van der Waals surface area contributed by atoms with Crippen molar-refractivity contribution in [2.24, 2.45) is 0 Å². The molecule has 0 saturated heterocycles. The van der Waals surface area contributed by atoms with Crippen molar-refractivity contribution in [3.8, 4) is 26.6 Å². The van der Waals surface area contributed by atoms with E-state index in [0.29, 0.717) is 6.61 Å². The van der Waals surface area contributed by atoms with Gasteiger partial charge in [-0.15, -0.1) is 11.3 Å². The van der Waals surface area contributed by atoms with Crippen LogP contribution in [0.15, 0.2) is 84.9 Å². The third-order valence-electron chi connectivity index (χ3n) is 4.33. The number of anilines is 2. The fraction of sp³-hybridized carbons (Fsp3) is 0.0435. The van der Waals surface area contributed by atoms with Crippen molar-refractivity contribution in [2.45, 2.75) is 6.61 Å². The molecule has 0 atom stereocenters. The Labute approximate surface area is 162 Å². The van der Waals surface area contributed by atoms with Crippen LogP contribution >= 0.6 is 11.3 Å². The van der Waals surface area contributed by atoms with Gasteiger partial charge in [0.15, 0.2) is 0 Å². The average molecular weight is 372 g/mol. The molecule has 0 aliphatic heterocycles. The molecule has 0 bridgehead atoms. The van der Waals surface area contributed by atoms with Crippen LogP contribution in [0.4, 0.5) is 11.4 Å².